The van der Waals surface area contributed by atoms with Gasteiger partial charge in [0.1, 0.15) is 5.41 Å². The first-order chi connectivity index (χ1) is 6.10. The van der Waals surface area contributed by atoms with Crippen LogP contribution in [0.15, 0.2) is 0 Å². The van der Waals surface area contributed by atoms with Gasteiger partial charge in [0.25, 0.3) is 0 Å². The predicted octanol–water partition coefficient (Wildman–Crippen LogP) is 0.0203. The van der Waals surface area contributed by atoms with E-state index in [2.05, 4.69) is 5.32 Å². The van der Waals surface area contributed by atoms with Crippen LogP contribution in [0.25, 0.3) is 0 Å². The Balaban J connectivity index is 2.20. The second kappa shape index (κ2) is 3.00. The van der Waals surface area contributed by atoms with E-state index in [-0.39, 0.29) is 5.91 Å². The fraction of sp³-hybridized carbons (Fsp3) is 0.833. The van der Waals surface area contributed by atoms with Crippen molar-refractivity contribution in [2.24, 2.45) is 5.41 Å². The number of nitrogens with one attached hydrogen (secondary N) is 1. The summed E-state index contributed by atoms with van der Waals surface area (Å²) in [4.78, 5) is 11.5. The van der Waals surface area contributed by atoms with Gasteiger partial charge in [-0.25, -0.2) is 0 Å². The maximum Gasteiger partial charge on any atom is 0.327 e. The smallest absolute Gasteiger partial charge is 0.327 e. The van der Waals surface area contributed by atoms with Gasteiger partial charge in [-0.2, -0.15) is 0 Å². The average Bonchev–Trinajstić information content (AvgIpc) is 2.18. The van der Waals surface area contributed by atoms with Gasteiger partial charge >= 0.3 is 6.72 Å². The van der Waals surface area contributed by atoms with E-state index in [9.17, 15) is 4.79 Å². The monoisotopic (exact) mass is 223 g/mol. The lowest BCUT2D eigenvalue weighted by molar-refractivity contribution is -0.148. The van der Waals surface area contributed by atoms with E-state index in [1.807, 2.05) is 0 Å². The van der Waals surface area contributed by atoms with Crippen molar-refractivity contribution in [2.75, 3.05) is 26.9 Å². The Hall–Kier alpha value is -0.0000000000000000694. The molecule has 3 rings (SSSR count). The normalized spacial score (nSPS) is 43.2. The van der Waals surface area contributed by atoms with Crippen molar-refractivity contribution in [2.45, 2.75) is 0 Å². The molecule has 0 unspecified atom stereocenters. The molecular formula is C6H10NO4PS. The second-order valence-corrected chi connectivity index (χ2v) is 6.14. The van der Waals surface area contributed by atoms with Gasteiger partial charge < -0.3 is 18.9 Å². The van der Waals surface area contributed by atoms with E-state index in [0.717, 1.165) is 0 Å². The van der Waals surface area contributed by atoms with E-state index in [1.165, 1.54) is 0 Å². The number of fused-ring (bicyclic) bond motifs is 3. The first-order valence-electron chi connectivity index (χ1n) is 3.86. The molecular weight excluding hydrogens is 213 g/mol. The molecule has 1 N–H and O–H groups in total. The molecule has 0 aromatic heterocycles. The zero-order chi connectivity index (χ0) is 9.53. The molecule has 1 amide bonds. The van der Waals surface area contributed by atoms with Crippen LogP contribution in [0.5, 0.6) is 0 Å². The molecule has 7 heteroatoms. The third-order valence-corrected chi connectivity index (χ3v) is 4.49. The molecule has 74 valence electrons. The summed E-state index contributed by atoms with van der Waals surface area (Å²) in [6, 6.07) is 0. The van der Waals surface area contributed by atoms with Crippen LogP contribution in [0.2, 0.25) is 0 Å². The molecule has 0 aromatic rings. The van der Waals surface area contributed by atoms with E-state index >= 15 is 0 Å². The lowest BCUT2D eigenvalue weighted by Gasteiger charge is -2.44. The summed E-state index contributed by atoms with van der Waals surface area (Å²) in [5, 5.41) is 2.56. The van der Waals surface area contributed by atoms with Crippen molar-refractivity contribution in [1.82, 2.24) is 5.32 Å². The van der Waals surface area contributed by atoms with E-state index in [4.69, 9.17) is 25.4 Å². The van der Waals surface area contributed by atoms with Crippen LogP contribution in [0, 0.1) is 5.41 Å². The first kappa shape index (κ1) is 9.55. The summed E-state index contributed by atoms with van der Waals surface area (Å²) in [5.74, 6) is -0.117. The van der Waals surface area contributed by atoms with Gasteiger partial charge in [0.15, 0.2) is 0 Å². The second-order valence-electron chi connectivity index (χ2n) is 3.13. The van der Waals surface area contributed by atoms with Crippen LogP contribution in [0.1, 0.15) is 0 Å². The summed E-state index contributed by atoms with van der Waals surface area (Å²) < 4.78 is 15.6. The van der Waals surface area contributed by atoms with Crippen molar-refractivity contribution < 1.29 is 18.4 Å². The highest BCUT2D eigenvalue weighted by Gasteiger charge is 2.52. The molecule has 3 fully saturated rings. The van der Waals surface area contributed by atoms with Gasteiger partial charge in [0, 0.05) is 7.05 Å². The van der Waals surface area contributed by atoms with Crippen LogP contribution < -0.4 is 5.32 Å². The Morgan fingerprint density at radius 3 is 2.23 bits per heavy atom. The fourth-order valence-electron chi connectivity index (χ4n) is 1.31. The van der Waals surface area contributed by atoms with Crippen LogP contribution in [0.4, 0.5) is 0 Å². The molecule has 0 radical (unpaired) electrons. The summed E-state index contributed by atoms with van der Waals surface area (Å²) in [5.41, 5.74) is -0.685. The largest absolute Gasteiger partial charge is 0.358 e. The molecule has 0 saturated carbocycles. The molecule has 3 aliphatic heterocycles. The van der Waals surface area contributed by atoms with Crippen molar-refractivity contribution >= 4 is 24.4 Å². The molecule has 5 nitrogen and oxygen atoms in total. The molecule has 0 atom stereocenters. The van der Waals surface area contributed by atoms with E-state index in [1.54, 1.807) is 7.05 Å². The average molecular weight is 223 g/mol. The SMILES string of the molecule is CNC(=O)C12COP(=S)(OC1)OC2. The number of amides is 1. The Labute approximate surface area is 81.0 Å². The first-order valence-corrected chi connectivity index (χ1v) is 6.42. The minimum Gasteiger partial charge on any atom is -0.358 e. The maximum atomic E-state index is 11.5. The van der Waals surface area contributed by atoms with Crippen molar-refractivity contribution in [3.63, 3.8) is 0 Å². The molecule has 3 heterocycles. The summed E-state index contributed by atoms with van der Waals surface area (Å²) >= 11 is 4.98. The Morgan fingerprint density at radius 1 is 1.38 bits per heavy atom. The molecule has 13 heavy (non-hydrogen) atoms. The predicted molar refractivity (Wildman–Crippen MR) is 48.6 cm³/mol. The number of hydrogen-bond donors (Lipinski definition) is 1. The molecule has 3 saturated heterocycles. The lowest BCUT2D eigenvalue weighted by Crippen LogP contribution is -2.53. The molecule has 2 bridgehead atoms. The zero-order valence-electron chi connectivity index (χ0n) is 7.11. The van der Waals surface area contributed by atoms with Crippen LogP contribution >= 0.6 is 6.72 Å². The third-order valence-electron chi connectivity index (χ3n) is 2.21. The minimum atomic E-state index is -2.47. The van der Waals surface area contributed by atoms with Crippen LogP contribution in [-0.4, -0.2) is 32.8 Å². The van der Waals surface area contributed by atoms with Crippen molar-refractivity contribution in [1.29, 1.82) is 0 Å². The van der Waals surface area contributed by atoms with Gasteiger partial charge in [-0.3, -0.25) is 4.79 Å². The lowest BCUT2D eigenvalue weighted by atomic mass is 9.90. The van der Waals surface area contributed by atoms with Gasteiger partial charge in [-0.15, -0.1) is 0 Å². The number of carbonyl (C=O) groups excluding carboxylic acids is 1. The van der Waals surface area contributed by atoms with E-state index in [0.29, 0.717) is 19.8 Å². The summed E-state index contributed by atoms with van der Waals surface area (Å²) in [6.07, 6.45) is 0. The molecule has 0 aromatic carbocycles. The third kappa shape index (κ3) is 1.43. The van der Waals surface area contributed by atoms with Crippen molar-refractivity contribution in [3.8, 4) is 0 Å². The van der Waals surface area contributed by atoms with Gasteiger partial charge in [-0.05, 0) is 11.8 Å². The Bertz CT molecular complexity index is 263. The van der Waals surface area contributed by atoms with E-state index < -0.39 is 12.1 Å². The highest BCUT2D eigenvalue weighted by atomic mass is 32.5. The molecule has 0 aliphatic carbocycles. The molecule has 0 spiro atoms. The maximum absolute atomic E-state index is 11.5. The minimum absolute atomic E-state index is 0.117. The highest BCUT2D eigenvalue weighted by molar-refractivity contribution is 8.07. The standard InChI is InChI=1S/C6H10NO4PS/c1-7-5(8)6-2-9-12(13,10-3-6)11-4-6/h2-4H2,1H3,(H,7,8). The number of hydrogen-bond acceptors (Lipinski definition) is 5. The topological polar surface area (TPSA) is 56.8 Å². The quantitative estimate of drug-likeness (QED) is 0.635. The number of rotatable bonds is 1. The van der Waals surface area contributed by atoms with Crippen molar-refractivity contribution in [3.05, 3.63) is 0 Å². The summed E-state index contributed by atoms with van der Waals surface area (Å²) in [6.45, 7) is -1.54. The fourth-order valence-corrected chi connectivity index (χ4v) is 3.22. The number of carbonyl (C=O) groups is 1. The van der Waals surface area contributed by atoms with Gasteiger partial charge in [0.2, 0.25) is 5.91 Å². The Kier molecular flexibility index (Phi) is 2.20. The highest BCUT2D eigenvalue weighted by Crippen LogP contribution is 2.60. The van der Waals surface area contributed by atoms with Gasteiger partial charge in [-0.1, -0.05) is 0 Å². The summed E-state index contributed by atoms with van der Waals surface area (Å²) in [7, 11) is 1.58. The van der Waals surface area contributed by atoms with Gasteiger partial charge in [0.05, 0.1) is 19.8 Å². The van der Waals surface area contributed by atoms with Crippen LogP contribution in [0.3, 0.4) is 0 Å². The Morgan fingerprint density at radius 2 is 1.85 bits per heavy atom. The van der Waals surface area contributed by atoms with Crippen LogP contribution in [-0.2, 0) is 30.2 Å². The molecule has 3 aliphatic rings. The zero-order valence-corrected chi connectivity index (χ0v) is 8.82.